The van der Waals surface area contributed by atoms with Crippen LogP contribution in [-0.4, -0.2) is 77.1 Å². The van der Waals surface area contributed by atoms with Crippen LogP contribution in [-0.2, 0) is 22.6 Å². The molecule has 8 nitrogen and oxygen atoms in total. The Morgan fingerprint density at radius 3 is 2.53 bits per heavy atom. The van der Waals surface area contributed by atoms with Crippen LogP contribution in [0, 0.1) is 18.2 Å². The Morgan fingerprint density at radius 1 is 1.17 bits per heavy atom. The molecule has 1 saturated heterocycles. The van der Waals surface area contributed by atoms with E-state index < -0.39 is 23.2 Å². The van der Waals surface area contributed by atoms with Crippen molar-refractivity contribution in [2.24, 2.45) is 5.41 Å². The largest absolute Gasteiger partial charge is 0.378 e. The number of nitrogens with one attached hydrogen (secondary N) is 1. The molecular weight excluding hydrogens is 485 g/mol. The highest BCUT2D eigenvalue weighted by Crippen LogP contribution is 2.32. The molecule has 10 heteroatoms. The lowest BCUT2D eigenvalue weighted by atomic mass is 9.85. The standard InChI is InChI=1S/C26H35ClFN5O3/c1-16-13-19(28)17(14-18(16)27)23-29-21(20-15-31(5)7-6-8-33(20)23)24(34)30-22(26(2,3)4)25(35)32-9-11-36-12-10-32/h13-14,22H,6-12,15H2,1-5H3,(H,30,34). The first-order valence-electron chi connectivity index (χ1n) is 12.4. The topological polar surface area (TPSA) is 79.7 Å². The van der Waals surface area contributed by atoms with E-state index in [1.807, 2.05) is 32.4 Å². The summed E-state index contributed by atoms with van der Waals surface area (Å²) >= 11 is 6.33. The second-order valence-corrected chi connectivity index (χ2v) is 11.2. The lowest BCUT2D eigenvalue weighted by Gasteiger charge is -2.36. The summed E-state index contributed by atoms with van der Waals surface area (Å²) in [7, 11) is 1.98. The Labute approximate surface area is 216 Å². The second-order valence-electron chi connectivity index (χ2n) is 10.8. The molecule has 3 heterocycles. The van der Waals surface area contributed by atoms with Gasteiger partial charge in [-0.2, -0.15) is 0 Å². The smallest absolute Gasteiger partial charge is 0.272 e. The van der Waals surface area contributed by atoms with Crippen molar-refractivity contribution in [2.75, 3.05) is 39.9 Å². The molecule has 36 heavy (non-hydrogen) atoms. The number of benzene rings is 1. The Kier molecular flexibility index (Phi) is 7.73. The molecule has 2 aliphatic heterocycles. The summed E-state index contributed by atoms with van der Waals surface area (Å²) in [6.07, 6.45) is 0.829. The van der Waals surface area contributed by atoms with E-state index in [-0.39, 0.29) is 17.2 Å². The van der Waals surface area contributed by atoms with E-state index in [4.69, 9.17) is 16.3 Å². The van der Waals surface area contributed by atoms with E-state index in [1.54, 1.807) is 17.9 Å². The molecule has 0 aliphatic carbocycles. The summed E-state index contributed by atoms with van der Waals surface area (Å²) in [5.74, 6) is -0.653. The molecular formula is C26H35ClFN5O3. The molecule has 196 valence electrons. The molecule has 1 aromatic carbocycles. The summed E-state index contributed by atoms with van der Waals surface area (Å²) in [4.78, 5) is 35.6. The predicted octanol–water partition coefficient (Wildman–Crippen LogP) is 3.49. The molecule has 1 N–H and O–H groups in total. The van der Waals surface area contributed by atoms with Gasteiger partial charge in [-0.15, -0.1) is 0 Å². The zero-order chi connectivity index (χ0) is 26.2. The van der Waals surface area contributed by atoms with Crippen LogP contribution in [0.5, 0.6) is 0 Å². The number of morpholine rings is 1. The number of ether oxygens (including phenoxy) is 1. The van der Waals surface area contributed by atoms with Crippen molar-refractivity contribution < 1.29 is 18.7 Å². The maximum absolute atomic E-state index is 15.1. The maximum atomic E-state index is 15.1. The predicted molar refractivity (Wildman–Crippen MR) is 136 cm³/mol. The Bertz CT molecular complexity index is 1150. The zero-order valence-electron chi connectivity index (χ0n) is 21.7. The lowest BCUT2D eigenvalue weighted by Crippen LogP contribution is -2.56. The lowest BCUT2D eigenvalue weighted by molar-refractivity contribution is -0.139. The number of amides is 2. The van der Waals surface area contributed by atoms with E-state index in [9.17, 15) is 9.59 Å². The monoisotopic (exact) mass is 519 g/mol. The average Bonchev–Trinajstić information content (AvgIpc) is 3.05. The molecule has 1 unspecified atom stereocenters. The molecule has 1 aromatic heterocycles. The van der Waals surface area contributed by atoms with Gasteiger partial charge < -0.3 is 24.4 Å². The fourth-order valence-corrected chi connectivity index (χ4v) is 4.90. The van der Waals surface area contributed by atoms with E-state index in [0.717, 1.165) is 13.0 Å². The molecule has 4 rings (SSSR count). The van der Waals surface area contributed by atoms with Gasteiger partial charge in [-0.3, -0.25) is 9.59 Å². The number of carbonyl (C=O) groups excluding carboxylic acids is 2. The Balaban J connectivity index is 1.74. The van der Waals surface area contributed by atoms with Crippen LogP contribution in [0.1, 0.15) is 48.9 Å². The summed E-state index contributed by atoms with van der Waals surface area (Å²) in [6.45, 7) is 11.4. The number of hydrogen-bond acceptors (Lipinski definition) is 5. The summed E-state index contributed by atoms with van der Waals surface area (Å²) in [6, 6.07) is 2.20. The van der Waals surface area contributed by atoms with Crippen molar-refractivity contribution in [3.63, 3.8) is 0 Å². The highest BCUT2D eigenvalue weighted by atomic mass is 35.5. The van der Waals surface area contributed by atoms with Gasteiger partial charge in [0.05, 0.1) is 24.5 Å². The van der Waals surface area contributed by atoms with Crippen molar-refractivity contribution in [2.45, 2.75) is 53.2 Å². The number of imidazole rings is 1. The maximum Gasteiger partial charge on any atom is 0.272 e. The third-order valence-corrected chi connectivity index (χ3v) is 7.24. The summed E-state index contributed by atoms with van der Waals surface area (Å²) in [5, 5.41) is 3.41. The van der Waals surface area contributed by atoms with Gasteiger partial charge in [-0.1, -0.05) is 32.4 Å². The number of nitrogens with zero attached hydrogens (tertiary/aromatic N) is 4. The first kappa shape index (κ1) is 26.6. The zero-order valence-corrected chi connectivity index (χ0v) is 22.4. The molecule has 1 fully saturated rings. The van der Waals surface area contributed by atoms with Gasteiger partial charge in [0.25, 0.3) is 5.91 Å². The minimum atomic E-state index is -0.752. The van der Waals surface area contributed by atoms with Crippen molar-refractivity contribution in [3.05, 3.63) is 39.9 Å². The minimum absolute atomic E-state index is 0.141. The van der Waals surface area contributed by atoms with Crippen LogP contribution >= 0.6 is 11.6 Å². The summed E-state index contributed by atoms with van der Waals surface area (Å²) < 4.78 is 22.4. The Hall–Kier alpha value is -2.49. The van der Waals surface area contributed by atoms with Gasteiger partial charge in [0.1, 0.15) is 17.7 Å². The number of fused-ring (bicyclic) bond motifs is 1. The number of carbonyl (C=O) groups is 2. The average molecular weight is 520 g/mol. The normalized spacial score (nSPS) is 17.9. The molecule has 2 amide bonds. The molecule has 0 radical (unpaired) electrons. The molecule has 2 aromatic rings. The highest BCUT2D eigenvalue weighted by molar-refractivity contribution is 6.31. The number of aromatic nitrogens is 2. The number of halogens is 2. The van der Waals surface area contributed by atoms with Gasteiger partial charge in [0.15, 0.2) is 5.69 Å². The van der Waals surface area contributed by atoms with Crippen molar-refractivity contribution in [1.82, 2.24) is 24.7 Å². The van der Waals surface area contributed by atoms with E-state index >= 15 is 4.39 Å². The number of hydrogen-bond donors (Lipinski definition) is 1. The van der Waals surface area contributed by atoms with Gasteiger partial charge in [0, 0.05) is 31.2 Å². The first-order chi connectivity index (χ1) is 17.0. The molecule has 1 atom stereocenters. The number of aryl methyl sites for hydroxylation is 1. The Morgan fingerprint density at radius 2 is 1.86 bits per heavy atom. The molecule has 0 spiro atoms. The second kappa shape index (κ2) is 10.5. The SMILES string of the molecule is Cc1cc(F)c(-c2nc(C(=O)NC(C(=O)N3CCOCC3)C(C)(C)C)c3n2CCCN(C)C3)cc1Cl. The summed E-state index contributed by atoms with van der Waals surface area (Å²) in [5.41, 5.74) is 1.27. The highest BCUT2D eigenvalue weighted by Gasteiger charge is 2.38. The van der Waals surface area contributed by atoms with E-state index in [0.29, 0.717) is 61.5 Å². The van der Waals surface area contributed by atoms with Crippen molar-refractivity contribution >= 4 is 23.4 Å². The van der Waals surface area contributed by atoms with Crippen LogP contribution in [0.25, 0.3) is 11.4 Å². The third-order valence-electron chi connectivity index (χ3n) is 6.83. The third kappa shape index (κ3) is 5.43. The quantitative estimate of drug-likeness (QED) is 0.669. The molecule has 0 bridgehead atoms. The van der Waals surface area contributed by atoms with Crippen LogP contribution in [0.2, 0.25) is 5.02 Å². The van der Waals surface area contributed by atoms with Crippen LogP contribution < -0.4 is 5.32 Å². The van der Waals surface area contributed by atoms with Crippen molar-refractivity contribution in [1.29, 1.82) is 0 Å². The van der Waals surface area contributed by atoms with Crippen LogP contribution in [0.15, 0.2) is 12.1 Å². The van der Waals surface area contributed by atoms with Crippen molar-refractivity contribution in [3.8, 4) is 11.4 Å². The van der Waals surface area contributed by atoms with Crippen LogP contribution in [0.3, 0.4) is 0 Å². The van der Waals surface area contributed by atoms with Gasteiger partial charge in [-0.05, 0) is 50.0 Å². The van der Waals surface area contributed by atoms with Gasteiger partial charge >= 0.3 is 0 Å². The van der Waals surface area contributed by atoms with Gasteiger partial charge in [-0.25, -0.2) is 9.37 Å². The van der Waals surface area contributed by atoms with E-state index in [1.165, 1.54) is 6.07 Å². The minimum Gasteiger partial charge on any atom is -0.378 e. The van der Waals surface area contributed by atoms with Gasteiger partial charge in [0.2, 0.25) is 5.91 Å². The fraction of sp³-hybridized carbons (Fsp3) is 0.577. The molecule has 2 aliphatic rings. The number of rotatable bonds is 4. The first-order valence-corrected chi connectivity index (χ1v) is 12.8. The van der Waals surface area contributed by atoms with Crippen LogP contribution in [0.4, 0.5) is 4.39 Å². The molecule has 0 saturated carbocycles. The fourth-order valence-electron chi connectivity index (χ4n) is 4.74. The van der Waals surface area contributed by atoms with E-state index in [2.05, 4.69) is 15.2 Å².